The monoisotopic (exact) mass is 339 g/mol. The number of methoxy groups -OCH3 is 1. The molecule has 1 atom stereocenters. The van der Waals surface area contributed by atoms with Gasteiger partial charge in [-0.1, -0.05) is 12.1 Å². The van der Waals surface area contributed by atoms with Gasteiger partial charge in [0.25, 0.3) is 0 Å². The largest absolute Gasteiger partial charge is 0.497 e. The van der Waals surface area contributed by atoms with Crippen LogP contribution >= 0.6 is 0 Å². The number of aryl methyl sites for hydroxylation is 2. The minimum atomic E-state index is -0.463. The molecule has 25 heavy (non-hydrogen) atoms. The van der Waals surface area contributed by atoms with Crippen LogP contribution in [0.15, 0.2) is 42.5 Å². The van der Waals surface area contributed by atoms with Gasteiger partial charge in [-0.2, -0.15) is 0 Å². The molecule has 1 amide bonds. The summed E-state index contributed by atoms with van der Waals surface area (Å²) in [5.41, 5.74) is 2.68. The third kappa shape index (κ3) is 3.65. The molecule has 0 N–H and O–H groups in total. The first-order valence-corrected chi connectivity index (χ1v) is 8.21. The van der Waals surface area contributed by atoms with Gasteiger partial charge in [0, 0.05) is 18.7 Å². The maximum Gasteiger partial charge on any atom is 0.316 e. The average Bonchev–Trinajstić information content (AvgIpc) is 3.00. The van der Waals surface area contributed by atoms with Gasteiger partial charge in [-0.3, -0.25) is 9.59 Å². The summed E-state index contributed by atoms with van der Waals surface area (Å²) in [4.78, 5) is 26.4. The van der Waals surface area contributed by atoms with Crippen LogP contribution in [0.5, 0.6) is 11.5 Å². The standard InChI is InChI=1S/C20H21NO4/c1-13-4-5-14(2)18(10-13)25-20(23)15-11-19(22)21(12-15)16-6-8-17(24-3)9-7-16/h4-10,15H,11-12H2,1-3H3/t15-/m0/s1. The first-order valence-electron chi connectivity index (χ1n) is 8.21. The normalized spacial score (nSPS) is 16.8. The Morgan fingerprint density at radius 1 is 1.12 bits per heavy atom. The van der Waals surface area contributed by atoms with Crippen LogP contribution in [0.2, 0.25) is 0 Å². The van der Waals surface area contributed by atoms with Gasteiger partial charge in [-0.05, 0) is 55.3 Å². The van der Waals surface area contributed by atoms with Crippen molar-refractivity contribution in [3.8, 4) is 11.5 Å². The third-order valence-electron chi connectivity index (χ3n) is 4.40. The first kappa shape index (κ1) is 17.0. The zero-order valence-corrected chi connectivity index (χ0v) is 14.6. The van der Waals surface area contributed by atoms with E-state index in [1.165, 1.54) is 0 Å². The van der Waals surface area contributed by atoms with Crippen molar-refractivity contribution < 1.29 is 19.1 Å². The number of esters is 1. The molecule has 0 aliphatic carbocycles. The Balaban J connectivity index is 1.70. The van der Waals surface area contributed by atoms with Crippen LogP contribution in [0.25, 0.3) is 0 Å². The van der Waals surface area contributed by atoms with Gasteiger partial charge in [0.1, 0.15) is 11.5 Å². The molecular formula is C20H21NO4. The second-order valence-electron chi connectivity index (χ2n) is 6.29. The molecule has 0 spiro atoms. The number of carbonyl (C=O) groups excluding carboxylic acids is 2. The lowest BCUT2D eigenvalue weighted by atomic mass is 10.1. The van der Waals surface area contributed by atoms with Gasteiger partial charge in [-0.15, -0.1) is 0 Å². The minimum absolute atomic E-state index is 0.0759. The van der Waals surface area contributed by atoms with E-state index in [1.807, 2.05) is 44.2 Å². The van der Waals surface area contributed by atoms with E-state index in [4.69, 9.17) is 9.47 Å². The molecular weight excluding hydrogens is 318 g/mol. The Hall–Kier alpha value is -2.82. The van der Waals surface area contributed by atoms with Crippen molar-refractivity contribution in [3.63, 3.8) is 0 Å². The second-order valence-corrected chi connectivity index (χ2v) is 6.29. The molecule has 0 aromatic heterocycles. The molecule has 0 bridgehead atoms. The predicted octanol–water partition coefficient (Wildman–Crippen LogP) is 3.27. The summed E-state index contributed by atoms with van der Waals surface area (Å²) < 4.78 is 10.7. The maximum absolute atomic E-state index is 12.5. The van der Waals surface area contributed by atoms with Crippen molar-refractivity contribution in [2.24, 2.45) is 5.92 Å². The number of benzene rings is 2. The fourth-order valence-corrected chi connectivity index (χ4v) is 2.89. The summed E-state index contributed by atoms with van der Waals surface area (Å²) in [5, 5.41) is 0. The van der Waals surface area contributed by atoms with Crippen LogP contribution < -0.4 is 14.4 Å². The van der Waals surface area contributed by atoms with Gasteiger partial charge in [0.2, 0.25) is 5.91 Å². The topological polar surface area (TPSA) is 55.8 Å². The van der Waals surface area contributed by atoms with Crippen molar-refractivity contribution in [1.29, 1.82) is 0 Å². The minimum Gasteiger partial charge on any atom is -0.497 e. The molecule has 2 aromatic carbocycles. The molecule has 1 heterocycles. The Morgan fingerprint density at radius 2 is 1.84 bits per heavy atom. The lowest BCUT2D eigenvalue weighted by Crippen LogP contribution is -2.27. The Kier molecular flexibility index (Phi) is 4.74. The maximum atomic E-state index is 12.5. The van der Waals surface area contributed by atoms with Crippen molar-refractivity contribution in [2.45, 2.75) is 20.3 Å². The van der Waals surface area contributed by atoms with Gasteiger partial charge >= 0.3 is 5.97 Å². The van der Waals surface area contributed by atoms with Crippen LogP contribution in [-0.4, -0.2) is 25.5 Å². The van der Waals surface area contributed by atoms with E-state index in [9.17, 15) is 9.59 Å². The molecule has 0 saturated carbocycles. The number of hydrogen-bond donors (Lipinski definition) is 0. The molecule has 0 unspecified atom stereocenters. The lowest BCUT2D eigenvalue weighted by Gasteiger charge is -2.17. The Bertz CT molecular complexity index is 798. The summed E-state index contributed by atoms with van der Waals surface area (Å²) in [6.45, 7) is 4.17. The fraction of sp³-hybridized carbons (Fsp3) is 0.300. The zero-order chi connectivity index (χ0) is 18.0. The van der Waals surface area contributed by atoms with Gasteiger partial charge in [-0.25, -0.2) is 0 Å². The van der Waals surface area contributed by atoms with Crippen LogP contribution in [0.4, 0.5) is 5.69 Å². The number of amides is 1. The highest BCUT2D eigenvalue weighted by molar-refractivity contribution is 5.99. The first-order chi connectivity index (χ1) is 12.0. The van der Waals surface area contributed by atoms with Crippen molar-refractivity contribution in [3.05, 3.63) is 53.6 Å². The van der Waals surface area contributed by atoms with Crippen molar-refractivity contribution in [2.75, 3.05) is 18.6 Å². The third-order valence-corrected chi connectivity index (χ3v) is 4.40. The van der Waals surface area contributed by atoms with Gasteiger partial charge < -0.3 is 14.4 Å². The molecule has 0 radical (unpaired) electrons. The van der Waals surface area contributed by atoms with Crippen LogP contribution in [0.3, 0.4) is 0 Å². The molecule has 5 nitrogen and oxygen atoms in total. The van der Waals surface area contributed by atoms with Crippen LogP contribution in [0, 0.1) is 19.8 Å². The summed E-state index contributed by atoms with van der Waals surface area (Å²) >= 11 is 0. The second kappa shape index (κ2) is 6.97. The zero-order valence-electron chi connectivity index (χ0n) is 14.6. The van der Waals surface area contributed by atoms with E-state index in [1.54, 1.807) is 24.1 Å². The molecule has 1 aliphatic rings. The smallest absolute Gasteiger partial charge is 0.316 e. The average molecular weight is 339 g/mol. The molecule has 1 saturated heterocycles. The fourth-order valence-electron chi connectivity index (χ4n) is 2.89. The number of carbonyl (C=O) groups is 2. The molecule has 3 rings (SSSR count). The molecule has 5 heteroatoms. The van der Waals surface area contributed by atoms with Crippen LogP contribution in [0.1, 0.15) is 17.5 Å². The highest BCUT2D eigenvalue weighted by atomic mass is 16.5. The lowest BCUT2D eigenvalue weighted by molar-refractivity contribution is -0.139. The molecule has 2 aromatic rings. The van der Waals surface area contributed by atoms with Crippen molar-refractivity contribution >= 4 is 17.6 Å². The van der Waals surface area contributed by atoms with Crippen LogP contribution in [-0.2, 0) is 9.59 Å². The molecule has 1 aliphatic heterocycles. The molecule has 1 fully saturated rings. The Morgan fingerprint density at radius 3 is 2.52 bits per heavy atom. The quantitative estimate of drug-likeness (QED) is 0.634. The number of anilines is 1. The van der Waals surface area contributed by atoms with E-state index in [0.717, 1.165) is 22.6 Å². The highest BCUT2D eigenvalue weighted by Crippen LogP contribution is 2.28. The Labute approximate surface area is 147 Å². The summed E-state index contributed by atoms with van der Waals surface area (Å²) in [6, 6.07) is 12.9. The number of ether oxygens (including phenoxy) is 2. The molecule has 130 valence electrons. The van der Waals surface area contributed by atoms with E-state index in [-0.39, 0.29) is 18.3 Å². The summed E-state index contributed by atoms with van der Waals surface area (Å²) in [6.07, 6.45) is 0.162. The summed E-state index contributed by atoms with van der Waals surface area (Å²) in [5.74, 6) is 0.377. The van der Waals surface area contributed by atoms with E-state index >= 15 is 0 Å². The van der Waals surface area contributed by atoms with E-state index in [0.29, 0.717) is 12.3 Å². The number of hydrogen-bond acceptors (Lipinski definition) is 4. The van der Waals surface area contributed by atoms with Gasteiger partial charge in [0.05, 0.1) is 13.0 Å². The SMILES string of the molecule is COc1ccc(N2C[C@@H](C(=O)Oc3cc(C)ccc3C)CC2=O)cc1. The van der Waals surface area contributed by atoms with Gasteiger partial charge in [0.15, 0.2) is 0 Å². The highest BCUT2D eigenvalue weighted by Gasteiger charge is 2.36. The number of rotatable bonds is 4. The predicted molar refractivity (Wildman–Crippen MR) is 95.0 cm³/mol. The number of nitrogens with zero attached hydrogens (tertiary/aromatic N) is 1. The van der Waals surface area contributed by atoms with E-state index < -0.39 is 5.92 Å². The summed E-state index contributed by atoms with van der Waals surface area (Å²) in [7, 11) is 1.59. The van der Waals surface area contributed by atoms with E-state index in [2.05, 4.69) is 0 Å². The van der Waals surface area contributed by atoms with Crippen molar-refractivity contribution in [1.82, 2.24) is 0 Å².